The molecule has 1 aliphatic heterocycles. The second kappa shape index (κ2) is 6.73. The van der Waals surface area contributed by atoms with Gasteiger partial charge in [-0.25, -0.2) is 0 Å². The van der Waals surface area contributed by atoms with Crippen LogP contribution in [0, 0.1) is 0 Å². The van der Waals surface area contributed by atoms with Gasteiger partial charge in [-0.05, 0) is 40.4 Å². The van der Waals surface area contributed by atoms with Gasteiger partial charge in [-0.2, -0.15) is 4.98 Å². The fraction of sp³-hybridized carbons (Fsp3) is 0.176. The quantitative estimate of drug-likeness (QED) is 0.564. The van der Waals surface area contributed by atoms with Crippen LogP contribution in [-0.4, -0.2) is 27.3 Å². The average molecular weight is 433 g/mol. The molecule has 1 aliphatic rings. The van der Waals surface area contributed by atoms with Gasteiger partial charge in [0.15, 0.2) is 16.1 Å². The number of anilines is 1. The molecule has 2 aromatic heterocycles. The zero-order valence-electron chi connectivity index (χ0n) is 13.8. The number of fused-ring (bicyclic) bond motifs is 3. The Morgan fingerprint density at radius 2 is 2.04 bits per heavy atom. The van der Waals surface area contributed by atoms with Crippen molar-refractivity contribution in [3.05, 3.63) is 46.8 Å². The molecule has 0 N–H and O–H groups in total. The minimum Gasteiger partial charge on any atom is -0.448 e. The molecule has 0 saturated heterocycles. The summed E-state index contributed by atoms with van der Waals surface area (Å²) in [6.07, 6.45) is 1.05. The molecule has 0 fully saturated rings. The summed E-state index contributed by atoms with van der Waals surface area (Å²) < 4.78 is 12.3. The highest BCUT2D eigenvalue weighted by molar-refractivity contribution is 9.10. The number of para-hydroxylation sites is 1. The third kappa shape index (κ3) is 2.86. The predicted molar refractivity (Wildman–Crippen MR) is 100.0 cm³/mol. The zero-order valence-corrected chi connectivity index (χ0v) is 16.2. The number of benzene rings is 1. The topological polar surface area (TPSA) is 81.3 Å². The Balaban J connectivity index is 1.97. The Bertz CT molecular complexity index is 994. The number of hydrogen-bond acceptors (Lipinski definition) is 7. The predicted octanol–water partition coefficient (Wildman–Crippen LogP) is 4.06. The first-order chi connectivity index (χ1) is 12.6. The van der Waals surface area contributed by atoms with Crippen molar-refractivity contribution in [2.45, 2.75) is 18.3 Å². The SMILES string of the molecule is CSc1nnc2c(n1)OC(c1ccc(Br)o1)N(C(C)=O)c1ccccc1-2. The van der Waals surface area contributed by atoms with E-state index in [9.17, 15) is 4.79 Å². The highest BCUT2D eigenvalue weighted by Gasteiger charge is 2.36. The fourth-order valence-corrected chi connectivity index (χ4v) is 3.40. The average Bonchev–Trinajstić information content (AvgIpc) is 3.01. The van der Waals surface area contributed by atoms with E-state index >= 15 is 0 Å². The lowest BCUT2D eigenvalue weighted by Gasteiger charge is -2.28. The molecule has 3 heterocycles. The van der Waals surface area contributed by atoms with E-state index in [1.165, 1.54) is 23.6 Å². The number of amides is 1. The number of nitrogens with zero attached hydrogens (tertiary/aromatic N) is 4. The van der Waals surface area contributed by atoms with Crippen LogP contribution >= 0.6 is 27.7 Å². The first-order valence-electron chi connectivity index (χ1n) is 7.68. The molecule has 0 saturated carbocycles. The van der Waals surface area contributed by atoms with Crippen molar-refractivity contribution in [1.82, 2.24) is 15.2 Å². The molecule has 1 amide bonds. The zero-order chi connectivity index (χ0) is 18.3. The molecule has 3 aromatic rings. The molecule has 132 valence electrons. The van der Waals surface area contributed by atoms with Gasteiger partial charge in [0.2, 0.25) is 23.2 Å². The minimum atomic E-state index is -0.812. The second-order valence-corrected chi connectivity index (χ2v) is 7.03. The lowest BCUT2D eigenvalue weighted by molar-refractivity contribution is -0.118. The van der Waals surface area contributed by atoms with Crippen LogP contribution in [0.5, 0.6) is 5.88 Å². The van der Waals surface area contributed by atoms with E-state index < -0.39 is 6.23 Å². The number of ether oxygens (including phenoxy) is 1. The van der Waals surface area contributed by atoms with Crippen molar-refractivity contribution in [3.63, 3.8) is 0 Å². The van der Waals surface area contributed by atoms with Crippen LogP contribution in [-0.2, 0) is 4.79 Å². The molecule has 1 unspecified atom stereocenters. The Morgan fingerprint density at radius 3 is 2.73 bits per heavy atom. The van der Waals surface area contributed by atoms with Crippen molar-refractivity contribution in [2.24, 2.45) is 0 Å². The summed E-state index contributed by atoms with van der Waals surface area (Å²) >= 11 is 4.66. The van der Waals surface area contributed by atoms with Gasteiger partial charge >= 0.3 is 0 Å². The van der Waals surface area contributed by atoms with Gasteiger partial charge < -0.3 is 9.15 Å². The van der Waals surface area contributed by atoms with Gasteiger partial charge in [-0.3, -0.25) is 9.69 Å². The highest BCUT2D eigenvalue weighted by atomic mass is 79.9. The van der Waals surface area contributed by atoms with Crippen molar-refractivity contribution in [1.29, 1.82) is 0 Å². The van der Waals surface area contributed by atoms with E-state index in [1.54, 1.807) is 12.1 Å². The first-order valence-corrected chi connectivity index (χ1v) is 9.70. The van der Waals surface area contributed by atoms with Crippen molar-refractivity contribution < 1.29 is 13.9 Å². The van der Waals surface area contributed by atoms with Gasteiger partial charge in [0, 0.05) is 12.5 Å². The maximum Gasteiger partial charge on any atom is 0.247 e. The van der Waals surface area contributed by atoms with Crippen LogP contribution in [0.25, 0.3) is 11.3 Å². The van der Waals surface area contributed by atoms with E-state index in [1.807, 2.05) is 30.5 Å². The van der Waals surface area contributed by atoms with Crippen LogP contribution in [0.1, 0.15) is 18.9 Å². The summed E-state index contributed by atoms with van der Waals surface area (Å²) in [5.74, 6) is 0.581. The maximum atomic E-state index is 12.5. The molecule has 0 aliphatic carbocycles. The normalized spacial score (nSPS) is 15.7. The summed E-state index contributed by atoms with van der Waals surface area (Å²) in [5.41, 5.74) is 1.86. The van der Waals surface area contributed by atoms with Crippen LogP contribution in [0.3, 0.4) is 0 Å². The smallest absolute Gasteiger partial charge is 0.247 e. The van der Waals surface area contributed by atoms with Crippen molar-refractivity contribution >= 4 is 39.3 Å². The number of furan rings is 1. The summed E-state index contributed by atoms with van der Waals surface area (Å²) in [6, 6.07) is 10.9. The number of thioether (sulfide) groups is 1. The largest absolute Gasteiger partial charge is 0.448 e. The molecule has 1 aromatic carbocycles. The van der Waals surface area contributed by atoms with Crippen LogP contribution in [0.4, 0.5) is 5.69 Å². The van der Waals surface area contributed by atoms with Gasteiger partial charge in [0.05, 0.1) is 5.69 Å². The van der Waals surface area contributed by atoms with Crippen LogP contribution in [0.2, 0.25) is 0 Å². The van der Waals surface area contributed by atoms with Crippen LogP contribution in [0.15, 0.2) is 50.6 Å². The number of halogens is 1. The van der Waals surface area contributed by atoms with E-state index in [2.05, 4.69) is 31.1 Å². The van der Waals surface area contributed by atoms with Gasteiger partial charge in [0.1, 0.15) is 0 Å². The van der Waals surface area contributed by atoms with Gasteiger partial charge in [0.25, 0.3) is 0 Å². The molecule has 0 bridgehead atoms. The third-order valence-electron chi connectivity index (χ3n) is 3.87. The number of rotatable bonds is 2. The molecule has 0 radical (unpaired) electrons. The van der Waals surface area contributed by atoms with E-state index in [4.69, 9.17) is 9.15 Å². The van der Waals surface area contributed by atoms with E-state index in [0.29, 0.717) is 32.8 Å². The third-order valence-corrected chi connectivity index (χ3v) is 4.84. The lowest BCUT2D eigenvalue weighted by atomic mass is 10.1. The second-order valence-electron chi connectivity index (χ2n) is 5.47. The Morgan fingerprint density at radius 1 is 1.23 bits per heavy atom. The summed E-state index contributed by atoms with van der Waals surface area (Å²) in [5, 5.41) is 8.88. The molecule has 1 atom stereocenters. The lowest BCUT2D eigenvalue weighted by Crippen LogP contribution is -2.35. The van der Waals surface area contributed by atoms with Crippen molar-refractivity contribution in [2.75, 3.05) is 11.2 Å². The number of hydrogen-bond donors (Lipinski definition) is 0. The molecular weight excluding hydrogens is 420 g/mol. The molecule has 7 nitrogen and oxygen atoms in total. The van der Waals surface area contributed by atoms with Crippen LogP contribution < -0.4 is 9.64 Å². The first kappa shape index (κ1) is 17.0. The van der Waals surface area contributed by atoms with E-state index in [0.717, 1.165) is 5.56 Å². The van der Waals surface area contributed by atoms with Crippen molar-refractivity contribution in [3.8, 4) is 17.1 Å². The highest BCUT2D eigenvalue weighted by Crippen LogP contribution is 2.43. The summed E-state index contributed by atoms with van der Waals surface area (Å²) in [7, 11) is 0. The molecule has 0 spiro atoms. The number of carbonyl (C=O) groups excluding carboxylic acids is 1. The Hall–Kier alpha value is -2.39. The Kier molecular flexibility index (Phi) is 4.41. The summed E-state index contributed by atoms with van der Waals surface area (Å²) in [4.78, 5) is 18.5. The molecule has 26 heavy (non-hydrogen) atoms. The fourth-order valence-electron chi connectivity index (χ4n) is 2.79. The number of aromatic nitrogens is 3. The Labute approximate surface area is 161 Å². The van der Waals surface area contributed by atoms with Gasteiger partial charge in [-0.1, -0.05) is 30.0 Å². The minimum absolute atomic E-state index is 0.194. The number of carbonyl (C=O) groups is 1. The van der Waals surface area contributed by atoms with Gasteiger partial charge in [-0.15, -0.1) is 10.2 Å². The molecule has 4 rings (SSSR count). The maximum absolute atomic E-state index is 12.5. The summed E-state index contributed by atoms with van der Waals surface area (Å²) in [6.45, 7) is 1.48. The van der Waals surface area contributed by atoms with E-state index in [-0.39, 0.29) is 5.91 Å². The molecule has 9 heteroatoms. The molecular formula is C17H13BrN4O3S. The monoisotopic (exact) mass is 432 g/mol. The standard InChI is InChI=1S/C17H13BrN4O3S/c1-9(23)22-11-6-4-3-5-10(11)14-15(19-17(26-2)21-20-14)25-16(22)12-7-8-13(18)24-12/h3-8,16H,1-2H3.